The molecule has 2 aliphatic rings. The van der Waals surface area contributed by atoms with Gasteiger partial charge in [-0.2, -0.15) is 0 Å². The molecule has 22 heavy (non-hydrogen) atoms. The zero-order valence-electron chi connectivity index (χ0n) is 13.4. The van der Waals surface area contributed by atoms with Crippen molar-refractivity contribution in [2.45, 2.75) is 19.8 Å². The van der Waals surface area contributed by atoms with Crippen molar-refractivity contribution in [2.24, 2.45) is 5.92 Å². The summed E-state index contributed by atoms with van der Waals surface area (Å²) in [5.41, 5.74) is 0. The Bertz CT molecular complexity index is 433. The number of nitrogens with zero attached hydrogens (tertiary/aromatic N) is 3. The number of carbonyl (C=O) groups is 3. The predicted molar refractivity (Wildman–Crippen MR) is 80.0 cm³/mol. The summed E-state index contributed by atoms with van der Waals surface area (Å²) in [6, 6.07) is 0. The van der Waals surface area contributed by atoms with Gasteiger partial charge in [0.1, 0.15) is 0 Å². The third kappa shape index (κ3) is 3.97. The first kappa shape index (κ1) is 16.7. The Morgan fingerprint density at radius 3 is 2.27 bits per heavy atom. The van der Waals surface area contributed by atoms with Crippen molar-refractivity contribution < 1.29 is 19.1 Å². The van der Waals surface area contributed by atoms with Crippen LogP contribution in [-0.4, -0.2) is 85.4 Å². The smallest absolute Gasteiger partial charge is 0.312 e. The van der Waals surface area contributed by atoms with Crippen molar-refractivity contribution in [3.05, 3.63) is 0 Å². The average Bonchev–Trinajstić information content (AvgIpc) is 2.54. The van der Waals surface area contributed by atoms with Gasteiger partial charge >= 0.3 is 17.8 Å². The van der Waals surface area contributed by atoms with Crippen molar-refractivity contribution in [3.8, 4) is 0 Å². The Hall–Kier alpha value is -1.63. The zero-order valence-corrected chi connectivity index (χ0v) is 13.4. The number of piperazine rings is 1. The lowest BCUT2D eigenvalue weighted by molar-refractivity contribution is -0.157. The van der Waals surface area contributed by atoms with Crippen LogP contribution >= 0.6 is 0 Å². The number of esters is 1. The third-order valence-electron chi connectivity index (χ3n) is 4.30. The van der Waals surface area contributed by atoms with Crippen molar-refractivity contribution in [1.29, 1.82) is 0 Å². The molecule has 1 atom stereocenters. The molecule has 2 aliphatic heterocycles. The Morgan fingerprint density at radius 2 is 1.64 bits per heavy atom. The topological polar surface area (TPSA) is 70.2 Å². The van der Waals surface area contributed by atoms with Gasteiger partial charge in [0, 0.05) is 39.3 Å². The van der Waals surface area contributed by atoms with Crippen LogP contribution < -0.4 is 0 Å². The van der Waals surface area contributed by atoms with E-state index in [9.17, 15) is 14.4 Å². The molecule has 0 aromatic carbocycles. The highest BCUT2D eigenvalue weighted by Crippen LogP contribution is 2.18. The first-order chi connectivity index (χ1) is 10.5. The fraction of sp³-hybridized carbons (Fsp3) is 0.800. The van der Waals surface area contributed by atoms with Gasteiger partial charge in [-0.3, -0.25) is 14.4 Å². The second-order valence-corrected chi connectivity index (χ2v) is 5.94. The number of ether oxygens (including phenoxy) is 1. The van der Waals surface area contributed by atoms with Gasteiger partial charge in [-0.25, -0.2) is 0 Å². The van der Waals surface area contributed by atoms with Gasteiger partial charge in [-0.1, -0.05) is 0 Å². The largest absolute Gasteiger partial charge is 0.466 e. The summed E-state index contributed by atoms with van der Waals surface area (Å²) in [5.74, 6) is -1.51. The molecule has 0 spiro atoms. The van der Waals surface area contributed by atoms with Crippen LogP contribution in [0.1, 0.15) is 19.8 Å². The molecule has 0 aromatic rings. The summed E-state index contributed by atoms with van der Waals surface area (Å²) in [6.45, 7) is 5.65. The molecule has 0 aromatic heterocycles. The van der Waals surface area contributed by atoms with E-state index in [0.717, 1.165) is 19.5 Å². The molecule has 1 unspecified atom stereocenters. The lowest BCUT2D eigenvalue weighted by atomic mass is 9.98. The molecule has 2 fully saturated rings. The van der Waals surface area contributed by atoms with Gasteiger partial charge in [-0.05, 0) is 26.8 Å². The lowest BCUT2D eigenvalue weighted by Gasteiger charge is -2.35. The van der Waals surface area contributed by atoms with E-state index in [1.54, 1.807) is 11.8 Å². The van der Waals surface area contributed by atoms with E-state index in [1.807, 2.05) is 7.05 Å². The van der Waals surface area contributed by atoms with Gasteiger partial charge in [-0.15, -0.1) is 0 Å². The molecule has 0 radical (unpaired) electrons. The fourth-order valence-corrected chi connectivity index (χ4v) is 2.89. The molecule has 7 nitrogen and oxygen atoms in total. The molecule has 2 amide bonds. The van der Waals surface area contributed by atoms with Crippen molar-refractivity contribution in [3.63, 3.8) is 0 Å². The zero-order chi connectivity index (χ0) is 16.1. The molecule has 7 heteroatoms. The molecule has 0 bridgehead atoms. The minimum Gasteiger partial charge on any atom is -0.466 e. The van der Waals surface area contributed by atoms with E-state index in [0.29, 0.717) is 32.7 Å². The number of hydrogen-bond donors (Lipinski definition) is 0. The Balaban J connectivity index is 1.91. The SMILES string of the molecule is CCOC(=O)C1CCCN(C(=O)C(=O)N2CCN(C)CC2)C1. The number of rotatable bonds is 2. The quantitative estimate of drug-likeness (QED) is 0.511. The maximum absolute atomic E-state index is 12.4. The number of likely N-dealkylation sites (tertiary alicyclic amines) is 1. The average molecular weight is 311 g/mol. The van der Waals surface area contributed by atoms with E-state index in [2.05, 4.69) is 4.90 Å². The molecule has 0 N–H and O–H groups in total. The summed E-state index contributed by atoms with van der Waals surface area (Å²) in [6.07, 6.45) is 1.44. The van der Waals surface area contributed by atoms with Crippen molar-refractivity contribution >= 4 is 17.8 Å². The normalized spacial score (nSPS) is 23.3. The van der Waals surface area contributed by atoms with E-state index in [1.165, 1.54) is 4.90 Å². The molecule has 2 heterocycles. The summed E-state index contributed by atoms with van der Waals surface area (Å²) < 4.78 is 5.02. The van der Waals surface area contributed by atoms with Crippen LogP contribution in [0.15, 0.2) is 0 Å². The standard InChI is InChI=1S/C15H25N3O4/c1-3-22-15(21)12-5-4-6-18(11-12)14(20)13(19)17-9-7-16(2)8-10-17/h12H,3-11H2,1-2H3. The Kier molecular flexibility index (Phi) is 5.76. The van der Waals surface area contributed by atoms with Gasteiger partial charge in [0.2, 0.25) is 0 Å². The molecule has 124 valence electrons. The van der Waals surface area contributed by atoms with Crippen LogP contribution in [0.3, 0.4) is 0 Å². The van der Waals surface area contributed by atoms with Gasteiger partial charge < -0.3 is 19.4 Å². The summed E-state index contributed by atoms with van der Waals surface area (Å²) in [5, 5.41) is 0. The Labute approximate surface area is 131 Å². The molecule has 0 aliphatic carbocycles. The van der Waals surface area contributed by atoms with Crippen LogP contribution in [-0.2, 0) is 19.1 Å². The maximum atomic E-state index is 12.4. The second kappa shape index (κ2) is 7.58. The highest BCUT2D eigenvalue weighted by Gasteiger charge is 2.34. The minimum absolute atomic E-state index is 0.271. The Morgan fingerprint density at radius 1 is 1.00 bits per heavy atom. The lowest BCUT2D eigenvalue weighted by Crippen LogP contribution is -2.54. The minimum atomic E-state index is -0.487. The number of piperidine rings is 1. The van der Waals surface area contributed by atoms with Crippen LogP contribution in [0, 0.1) is 5.92 Å². The van der Waals surface area contributed by atoms with Gasteiger partial charge in [0.15, 0.2) is 0 Å². The maximum Gasteiger partial charge on any atom is 0.312 e. The molecule has 2 rings (SSSR count). The predicted octanol–water partition coefficient (Wildman–Crippen LogP) is -0.438. The van der Waals surface area contributed by atoms with Crippen LogP contribution in [0.5, 0.6) is 0 Å². The van der Waals surface area contributed by atoms with Crippen LogP contribution in [0.25, 0.3) is 0 Å². The number of likely N-dealkylation sites (N-methyl/N-ethyl adjacent to an activating group) is 1. The van der Waals surface area contributed by atoms with Crippen molar-refractivity contribution in [2.75, 3.05) is 52.9 Å². The molecular weight excluding hydrogens is 286 g/mol. The fourth-order valence-electron chi connectivity index (χ4n) is 2.89. The summed E-state index contributed by atoms with van der Waals surface area (Å²) >= 11 is 0. The van der Waals surface area contributed by atoms with Crippen molar-refractivity contribution in [1.82, 2.24) is 14.7 Å². The van der Waals surface area contributed by atoms with Gasteiger partial charge in [0.25, 0.3) is 0 Å². The number of hydrogen-bond acceptors (Lipinski definition) is 5. The van der Waals surface area contributed by atoms with E-state index >= 15 is 0 Å². The van der Waals surface area contributed by atoms with E-state index < -0.39 is 11.8 Å². The first-order valence-electron chi connectivity index (χ1n) is 7.96. The summed E-state index contributed by atoms with van der Waals surface area (Å²) in [7, 11) is 2.00. The first-order valence-corrected chi connectivity index (χ1v) is 7.96. The van der Waals surface area contributed by atoms with Crippen LogP contribution in [0.2, 0.25) is 0 Å². The molecule has 0 saturated carbocycles. The van der Waals surface area contributed by atoms with E-state index in [-0.39, 0.29) is 18.4 Å². The monoisotopic (exact) mass is 311 g/mol. The number of carbonyl (C=O) groups excluding carboxylic acids is 3. The summed E-state index contributed by atoms with van der Waals surface area (Å²) in [4.78, 5) is 41.7. The highest BCUT2D eigenvalue weighted by atomic mass is 16.5. The third-order valence-corrected chi connectivity index (χ3v) is 4.30. The highest BCUT2D eigenvalue weighted by molar-refractivity contribution is 6.35. The second-order valence-electron chi connectivity index (χ2n) is 5.94. The van der Waals surface area contributed by atoms with Gasteiger partial charge in [0.05, 0.1) is 12.5 Å². The molecular formula is C15H25N3O4. The number of amides is 2. The van der Waals surface area contributed by atoms with E-state index in [4.69, 9.17) is 4.74 Å². The molecule has 2 saturated heterocycles. The van der Waals surface area contributed by atoms with Crippen LogP contribution in [0.4, 0.5) is 0 Å².